The van der Waals surface area contributed by atoms with E-state index >= 15 is 0 Å². The summed E-state index contributed by atoms with van der Waals surface area (Å²) in [4.78, 5) is 24.3. The minimum atomic E-state index is -4.27. The topological polar surface area (TPSA) is 110 Å². The van der Waals surface area contributed by atoms with Gasteiger partial charge in [0.15, 0.2) is 0 Å². The van der Waals surface area contributed by atoms with Gasteiger partial charge in [-0.1, -0.05) is 55.4 Å². The Morgan fingerprint density at radius 3 is 2.47 bits per heavy atom. The first kappa shape index (κ1) is 29.6. The Bertz CT molecular complexity index is 996. The van der Waals surface area contributed by atoms with Gasteiger partial charge in [0, 0.05) is 6.08 Å². The zero-order chi connectivity index (χ0) is 25.9. The van der Waals surface area contributed by atoms with Crippen LogP contribution in [-0.4, -0.2) is 43.2 Å². The largest absolute Gasteiger partial charge is 0.464 e. The molecule has 0 saturated carbocycles. The van der Waals surface area contributed by atoms with E-state index in [0.717, 1.165) is 12.0 Å². The molecule has 0 fully saturated rings. The molecular weight excluding hydrogens is 454 g/mol. The van der Waals surface area contributed by atoms with E-state index in [0.29, 0.717) is 5.57 Å². The van der Waals surface area contributed by atoms with Gasteiger partial charge >= 0.3 is 5.97 Å². The quantitative estimate of drug-likeness (QED) is 0.184. The molecule has 0 heterocycles. The molecule has 0 saturated heterocycles. The van der Waals surface area contributed by atoms with E-state index in [-0.39, 0.29) is 18.4 Å². The second kappa shape index (κ2) is 13.4. The molecular formula is C26H39NO6S. The summed E-state index contributed by atoms with van der Waals surface area (Å²) < 4.78 is 35.8. The summed E-state index contributed by atoms with van der Waals surface area (Å²) in [5.41, 5.74) is 4.74. The van der Waals surface area contributed by atoms with Gasteiger partial charge in [0.2, 0.25) is 5.91 Å². The van der Waals surface area contributed by atoms with E-state index in [4.69, 9.17) is 9.29 Å². The number of esters is 1. The monoisotopic (exact) mass is 493 g/mol. The molecule has 0 aromatic carbocycles. The van der Waals surface area contributed by atoms with Gasteiger partial charge < -0.3 is 10.1 Å². The summed E-state index contributed by atoms with van der Waals surface area (Å²) in [5, 5.41) is 2.44. The van der Waals surface area contributed by atoms with Gasteiger partial charge in [-0.05, 0) is 69.9 Å². The van der Waals surface area contributed by atoms with Crippen LogP contribution in [0.1, 0.15) is 67.2 Å². The lowest BCUT2D eigenvalue weighted by atomic mass is 9.72. The predicted octanol–water partition coefficient (Wildman–Crippen LogP) is 4.84. The maximum absolute atomic E-state index is 12.3. The minimum Gasteiger partial charge on any atom is -0.464 e. The fraction of sp³-hybridized carbons (Fsp3) is 0.538. The maximum atomic E-state index is 12.3. The molecule has 34 heavy (non-hydrogen) atoms. The van der Waals surface area contributed by atoms with Crippen molar-refractivity contribution in [2.24, 2.45) is 5.41 Å². The average molecular weight is 494 g/mol. The highest BCUT2D eigenvalue weighted by Crippen LogP contribution is 2.40. The number of carbonyl (C=O) groups excluding carboxylic acids is 2. The van der Waals surface area contributed by atoms with Crippen LogP contribution < -0.4 is 5.32 Å². The number of nitrogens with one attached hydrogen (secondary N) is 1. The normalized spacial score (nSPS) is 18.4. The number of hydrogen-bond acceptors (Lipinski definition) is 5. The van der Waals surface area contributed by atoms with Crippen LogP contribution in [0.25, 0.3) is 0 Å². The van der Waals surface area contributed by atoms with Crippen molar-refractivity contribution in [3.8, 4) is 0 Å². The van der Waals surface area contributed by atoms with Crippen LogP contribution in [0, 0.1) is 5.41 Å². The van der Waals surface area contributed by atoms with Crippen molar-refractivity contribution < 1.29 is 27.3 Å². The maximum Gasteiger partial charge on any atom is 0.328 e. The molecule has 1 aliphatic carbocycles. The van der Waals surface area contributed by atoms with E-state index in [9.17, 15) is 18.0 Å². The summed E-state index contributed by atoms with van der Waals surface area (Å²) in [7, 11) is -4.27. The number of amides is 1. The fourth-order valence-corrected chi connectivity index (χ4v) is 4.39. The predicted molar refractivity (Wildman–Crippen MR) is 136 cm³/mol. The van der Waals surface area contributed by atoms with Gasteiger partial charge in [-0.15, -0.1) is 0 Å². The lowest BCUT2D eigenvalue weighted by Gasteiger charge is -2.32. The lowest BCUT2D eigenvalue weighted by Crippen LogP contribution is -2.42. The first-order valence-corrected chi connectivity index (χ1v) is 13.2. The van der Waals surface area contributed by atoms with Crippen LogP contribution in [0.2, 0.25) is 0 Å². The van der Waals surface area contributed by atoms with E-state index in [1.165, 1.54) is 30.1 Å². The van der Waals surface area contributed by atoms with Gasteiger partial charge in [-0.2, -0.15) is 8.42 Å². The molecule has 1 aliphatic rings. The van der Waals surface area contributed by atoms with Crippen molar-refractivity contribution in [3.63, 3.8) is 0 Å². The Balaban J connectivity index is 2.79. The SMILES string of the molecule is CCOC(=O)[C@@H](CCS(=O)(=O)O)NC(=O)\C=C(C)/C=C/C=C(C)/C=C/C1=C(C)CCCC1(C)C. The van der Waals surface area contributed by atoms with Crippen LogP contribution in [0.3, 0.4) is 0 Å². The number of hydrogen-bond donors (Lipinski definition) is 2. The summed E-state index contributed by atoms with van der Waals surface area (Å²) in [6.45, 7) is 12.2. The summed E-state index contributed by atoms with van der Waals surface area (Å²) >= 11 is 0. The zero-order valence-corrected chi connectivity index (χ0v) is 22.0. The second-order valence-corrected chi connectivity index (χ2v) is 10.9. The van der Waals surface area contributed by atoms with Crippen LogP contribution in [0.4, 0.5) is 0 Å². The Morgan fingerprint density at radius 1 is 1.21 bits per heavy atom. The Hall–Kier alpha value is -2.45. The van der Waals surface area contributed by atoms with Crippen molar-refractivity contribution in [3.05, 3.63) is 58.7 Å². The van der Waals surface area contributed by atoms with Crippen molar-refractivity contribution in [2.75, 3.05) is 12.4 Å². The molecule has 0 aromatic rings. The molecule has 8 heteroatoms. The van der Waals surface area contributed by atoms with Crippen molar-refractivity contribution in [1.29, 1.82) is 0 Å². The highest BCUT2D eigenvalue weighted by atomic mass is 32.2. The van der Waals surface area contributed by atoms with Gasteiger partial charge in [0.1, 0.15) is 6.04 Å². The molecule has 0 aromatic heterocycles. The highest BCUT2D eigenvalue weighted by Gasteiger charge is 2.26. The molecule has 2 N–H and O–H groups in total. The molecule has 1 atom stereocenters. The molecule has 0 radical (unpaired) electrons. The lowest BCUT2D eigenvalue weighted by molar-refractivity contribution is -0.147. The fourth-order valence-electron chi connectivity index (χ4n) is 3.86. The third-order valence-corrected chi connectivity index (χ3v) is 6.44. The third kappa shape index (κ3) is 11.1. The zero-order valence-electron chi connectivity index (χ0n) is 21.2. The van der Waals surface area contributed by atoms with E-state index in [1.54, 1.807) is 19.9 Å². The van der Waals surface area contributed by atoms with Gasteiger partial charge in [0.25, 0.3) is 10.1 Å². The van der Waals surface area contributed by atoms with E-state index in [2.05, 4.69) is 38.2 Å². The van der Waals surface area contributed by atoms with Gasteiger partial charge in [-0.25, -0.2) is 4.79 Å². The van der Waals surface area contributed by atoms with E-state index < -0.39 is 33.8 Å². The summed E-state index contributed by atoms with van der Waals surface area (Å²) in [6.07, 6.45) is 14.4. The number of ether oxygens (including phenoxy) is 1. The molecule has 7 nitrogen and oxygen atoms in total. The summed E-state index contributed by atoms with van der Waals surface area (Å²) in [6, 6.07) is -1.17. The Labute approximate surface area is 204 Å². The van der Waals surface area contributed by atoms with Crippen molar-refractivity contribution in [2.45, 2.75) is 73.3 Å². The Morgan fingerprint density at radius 2 is 1.88 bits per heavy atom. The molecule has 0 bridgehead atoms. The Kier molecular flexibility index (Phi) is 11.7. The smallest absolute Gasteiger partial charge is 0.328 e. The van der Waals surface area contributed by atoms with Gasteiger partial charge in [-0.3, -0.25) is 9.35 Å². The highest BCUT2D eigenvalue weighted by molar-refractivity contribution is 7.85. The molecule has 1 amide bonds. The first-order chi connectivity index (χ1) is 15.7. The summed E-state index contributed by atoms with van der Waals surface area (Å²) in [5.74, 6) is -1.97. The molecule has 0 unspecified atom stereocenters. The van der Waals surface area contributed by atoms with Crippen LogP contribution in [0.5, 0.6) is 0 Å². The van der Waals surface area contributed by atoms with Crippen LogP contribution in [0.15, 0.2) is 58.7 Å². The number of allylic oxidation sites excluding steroid dienone is 9. The number of rotatable bonds is 11. The van der Waals surface area contributed by atoms with Crippen molar-refractivity contribution >= 4 is 22.0 Å². The minimum absolute atomic E-state index is 0.0865. The molecule has 0 aliphatic heterocycles. The van der Waals surface area contributed by atoms with Crippen LogP contribution in [-0.2, 0) is 24.4 Å². The molecule has 190 valence electrons. The van der Waals surface area contributed by atoms with Crippen molar-refractivity contribution in [1.82, 2.24) is 5.32 Å². The molecule has 1 rings (SSSR count). The van der Waals surface area contributed by atoms with Crippen LogP contribution >= 0.6 is 0 Å². The first-order valence-electron chi connectivity index (χ1n) is 11.6. The third-order valence-electron chi connectivity index (χ3n) is 5.68. The second-order valence-electron chi connectivity index (χ2n) is 9.31. The standard InChI is InChI=1S/C26H39NO6S/c1-7-33-25(29)23(15-17-34(30,31)32)27-24(28)18-20(3)11-8-10-19(2)13-14-22-21(4)12-9-16-26(22,5)6/h8,10-11,13-14,18,23H,7,9,12,15-17H2,1-6H3,(H,27,28)(H,30,31,32)/b11-8+,14-13+,19-10+,20-18-/t23-/m1/s1. The molecule has 0 spiro atoms. The average Bonchev–Trinajstić information content (AvgIpc) is 2.69. The van der Waals surface area contributed by atoms with E-state index in [1.807, 2.05) is 19.1 Å². The number of carbonyl (C=O) groups is 2. The van der Waals surface area contributed by atoms with Gasteiger partial charge in [0.05, 0.1) is 12.4 Å².